The summed E-state index contributed by atoms with van der Waals surface area (Å²) in [6, 6.07) is -0.950. The van der Waals surface area contributed by atoms with Gasteiger partial charge in [-0.15, -0.1) is 0 Å². The summed E-state index contributed by atoms with van der Waals surface area (Å²) >= 11 is 0. The molecule has 6 nitrogen and oxygen atoms in total. The van der Waals surface area contributed by atoms with Crippen molar-refractivity contribution in [1.82, 2.24) is 9.80 Å². The standard InChI is InChI=1S/C13H25N3O3/c1-4-9(2)11(14)12(17)16-7-5-15(6-8-16)10(3)13(18)19/h9-11H,4-8,14H2,1-3H3,(H,18,19). The van der Waals surface area contributed by atoms with Crippen molar-refractivity contribution in [3.05, 3.63) is 0 Å². The first-order valence-corrected chi connectivity index (χ1v) is 6.89. The number of carbonyl (C=O) groups is 2. The van der Waals surface area contributed by atoms with Crippen molar-refractivity contribution in [1.29, 1.82) is 0 Å². The van der Waals surface area contributed by atoms with Crippen LogP contribution in [0.25, 0.3) is 0 Å². The number of piperazine rings is 1. The molecule has 0 aromatic heterocycles. The first-order chi connectivity index (χ1) is 8.88. The predicted octanol–water partition coefficient (Wildman–Crippen LogP) is -0.0229. The fourth-order valence-electron chi connectivity index (χ4n) is 2.19. The van der Waals surface area contributed by atoms with Crippen LogP contribution in [-0.2, 0) is 9.59 Å². The van der Waals surface area contributed by atoms with E-state index in [2.05, 4.69) is 0 Å². The molecular weight excluding hydrogens is 246 g/mol. The van der Waals surface area contributed by atoms with Gasteiger partial charge >= 0.3 is 5.97 Å². The Balaban J connectivity index is 2.50. The summed E-state index contributed by atoms with van der Waals surface area (Å²) in [6.45, 7) is 7.96. The number of rotatable bonds is 5. The van der Waals surface area contributed by atoms with Crippen LogP contribution in [0.2, 0.25) is 0 Å². The number of hydrogen-bond donors (Lipinski definition) is 2. The molecule has 0 bridgehead atoms. The molecule has 1 aliphatic rings. The fourth-order valence-corrected chi connectivity index (χ4v) is 2.19. The summed E-state index contributed by atoms with van der Waals surface area (Å²) in [7, 11) is 0. The molecule has 3 N–H and O–H groups in total. The highest BCUT2D eigenvalue weighted by atomic mass is 16.4. The Hall–Kier alpha value is -1.14. The number of nitrogens with zero attached hydrogens (tertiary/aromatic N) is 2. The molecule has 0 aromatic carbocycles. The van der Waals surface area contributed by atoms with Crippen LogP contribution in [0.15, 0.2) is 0 Å². The second-order valence-corrected chi connectivity index (χ2v) is 5.29. The van der Waals surface area contributed by atoms with Crippen molar-refractivity contribution in [2.24, 2.45) is 11.7 Å². The van der Waals surface area contributed by atoms with E-state index >= 15 is 0 Å². The highest BCUT2D eigenvalue weighted by Gasteiger charge is 2.30. The monoisotopic (exact) mass is 271 g/mol. The van der Waals surface area contributed by atoms with Gasteiger partial charge in [-0.2, -0.15) is 0 Å². The third-order valence-corrected chi connectivity index (χ3v) is 4.07. The summed E-state index contributed by atoms with van der Waals surface area (Å²) in [5, 5.41) is 8.96. The molecule has 1 rings (SSSR count). The van der Waals surface area contributed by atoms with E-state index in [1.165, 1.54) is 0 Å². The maximum atomic E-state index is 12.2. The van der Waals surface area contributed by atoms with Crippen molar-refractivity contribution in [2.45, 2.75) is 39.3 Å². The van der Waals surface area contributed by atoms with Crippen LogP contribution in [0, 0.1) is 5.92 Å². The first kappa shape index (κ1) is 15.9. The lowest BCUT2D eigenvalue weighted by Crippen LogP contribution is -2.56. The Labute approximate surface area is 114 Å². The number of carboxylic acids is 1. The van der Waals surface area contributed by atoms with Crippen LogP contribution in [-0.4, -0.2) is 65.0 Å². The molecule has 0 aliphatic carbocycles. The zero-order valence-electron chi connectivity index (χ0n) is 12.0. The molecule has 1 heterocycles. The Morgan fingerprint density at radius 2 is 1.74 bits per heavy atom. The number of amides is 1. The molecule has 0 aromatic rings. The van der Waals surface area contributed by atoms with Gasteiger partial charge in [0, 0.05) is 26.2 Å². The third-order valence-electron chi connectivity index (χ3n) is 4.07. The topological polar surface area (TPSA) is 86.9 Å². The summed E-state index contributed by atoms with van der Waals surface area (Å²) in [4.78, 5) is 26.7. The molecule has 1 amide bonds. The number of hydrogen-bond acceptors (Lipinski definition) is 4. The molecule has 1 fully saturated rings. The largest absolute Gasteiger partial charge is 0.480 e. The van der Waals surface area contributed by atoms with Gasteiger partial charge in [0.2, 0.25) is 5.91 Å². The molecule has 0 spiro atoms. The van der Waals surface area contributed by atoms with Crippen molar-refractivity contribution in [3.8, 4) is 0 Å². The van der Waals surface area contributed by atoms with Crippen molar-refractivity contribution < 1.29 is 14.7 Å². The molecular formula is C13H25N3O3. The predicted molar refractivity (Wildman–Crippen MR) is 72.7 cm³/mol. The minimum Gasteiger partial charge on any atom is -0.480 e. The van der Waals surface area contributed by atoms with Crippen LogP contribution in [0.3, 0.4) is 0 Å². The van der Waals surface area contributed by atoms with E-state index in [9.17, 15) is 9.59 Å². The minimum absolute atomic E-state index is 0.0167. The quantitative estimate of drug-likeness (QED) is 0.733. The lowest BCUT2D eigenvalue weighted by atomic mass is 9.98. The number of carboxylic acid groups (broad SMARTS) is 1. The first-order valence-electron chi connectivity index (χ1n) is 6.89. The molecule has 3 atom stereocenters. The Morgan fingerprint density at radius 1 is 1.21 bits per heavy atom. The maximum Gasteiger partial charge on any atom is 0.320 e. The molecule has 1 aliphatic heterocycles. The Bertz CT molecular complexity index is 327. The number of nitrogens with two attached hydrogens (primary N) is 1. The zero-order valence-corrected chi connectivity index (χ0v) is 12.0. The Kier molecular flexibility index (Phi) is 5.75. The average molecular weight is 271 g/mol. The van der Waals surface area contributed by atoms with Crippen molar-refractivity contribution >= 4 is 11.9 Å². The molecule has 19 heavy (non-hydrogen) atoms. The van der Waals surface area contributed by atoms with Gasteiger partial charge in [0.25, 0.3) is 0 Å². The van der Waals surface area contributed by atoms with E-state index in [1.54, 1.807) is 11.8 Å². The van der Waals surface area contributed by atoms with E-state index in [4.69, 9.17) is 10.8 Å². The summed E-state index contributed by atoms with van der Waals surface area (Å²) in [6.07, 6.45) is 0.878. The second kappa shape index (κ2) is 6.86. The molecule has 3 unspecified atom stereocenters. The van der Waals surface area contributed by atoms with E-state index in [0.29, 0.717) is 26.2 Å². The zero-order chi connectivity index (χ0) is 14.6. The molecule has 110 valence electrons. The Morgan fingerprint density at radius 3 is 2.16 bits per heavy atom. The van der Waals surface area contributed by atoms with Crippen LogP contribution < -0.4 is 5.73 Å². The van der Waals surface area contributed by atoms with Crippen LogP contribution in [0.4, 0.5) is 0 Å². The summed E-state index contributed by atoms with van der Waals surface area (Å²) < 4.78 is 0. The van der Waals surface area contributed by atoms with E-state index in [1.807, 2.05) is 18.7 Å². The van der Waals surface area contributed by atoms with Crippen LogP contribution in [0.5, 0.6) is 0 Å². The van der Waals surface area contributed by atoms with E-state index in [-0.39, 0.29) is 11.8 Å². The normalized spacial score (nSPS) is 21.8. The molecule has 6 heteroatoms. The van der Waals surface area contributed by atoms with Crippen molar-refractivity contribution in [3.63, 3.8) is 0 Å². The van der Waals surface area contributed by atoms with Crippen LogP contribution >= 0.6 is 0 Å². The van der Waals surface area contributed by atoms with E-state index < -0.39 is 18.1 Å². The maximum absolute atomic E-state index is 12.2. The molecule has 0 radical (unpaired) electrons. The van der Waals surface area contributed by atoms with E-state index in [0.717, 1.165) is 6.42 Å². The number of carbonyl (C=O) groups excluding carboxylic acids is 1. The van der Waals surface area contributed by atoms with Gasteiger partial charge in [-0.25, -0.2) is 0 Å². The highest BCUT2D eigenvalue weighted by molar-refractivity contribution is 5.82. The smallest absolute Gasteiger partial charge is 0.320 e. The van der Waals surface area contributed by atoms with Gasteiger partial charge in [-0.05, 0) is 12.8 Å². The lowest BCUT2D eigenvalue weighted by Gasteiger charge is -2.38. The van der Waals surface area contributed by atoms with Gasteiger partial charge in [-0.3, -0.25) is 14.5 Å². The van der Waals surface area contributed by atoms with Gasteiger partial charge in [0.05, 0.1) is 6.04 Å². The van der Waals surface area contributed by atoms with Gasteiger partial charge in [-0.1, -0.05) is 20.3 Å². The van der Waals surface area contributed by atoms with Gasteiger partial charge < -0.3 is 15.7 Å². The van der Waals surface area contributed by atoms with Gasteiger partial charge in [0.1, 0.15) is 6.04 Å². The third kappa shape index (κ3) is 3.91. The highest BCUT2D eigenvalue weighted by Crippen LogP contribution is 2.12. The number of aliphatic carboxylic acids is 1. The fraction of sp³-hybridized carbons (Fsp3) is 0.846. The summed E-state index contributed by atoms with van der Waals surface area (Å²) in [5.41, 5.74) is 5.95. The SMILES string of the molecule is CCC(C)C(N)C(=O)N1CCN(C(C)C(=O)O)CC1. The van der Waals surface area contributed by atoms with Crippen molar-refractivity contribution in [2.75, 3.05) is 26.2 Å². The van der Waals surface area contributed by atoms with Crippen LogP contribution in [0.1, 0.15) is 27.2 Å². The molecule has 1 saturated heterocycles. The lowest BCUT2D eigenvalue weighted by molar-refractivity contribution is -0.144. The molecule has 0 saturated carbocycles. The second-order valence-electron chi connectivity index (χ2n) is 5.29. The van der Waals surface area contributed by atoms with Gasteiger partial charge in [0.15, 0.2) is 0 Å². The average Bonchev–Trinajstić information content (AvgIpc) is 2.44. The summed E-state index contributed by atoms with van der Waals surface area (Å²) in [5.74, 6) is -0.670. The minimum atomic E-state index is -0.823.